The monoisotopic (exact) mass is 440 g/mol. The lowest BCUT2D eigenvalue weighted by atomic mass is 10.2. The van der Waals surface area contributed by atoms with Gasteiger partial charge in [0.05, 0.1) is 23.9 Å². The fourth-order valence-electron chi connectivity index (χ4n) is 2.27. The van der Waals surface area contributed by atoms with Crippen molar-refractivity contribution < 1.29 is 9.47 Å². The van der Waals surface area contributed by atoms with Gasteiger partial charge in [-0.15, -0.1) is 10.2 Å². The van der Waals surface area contributed by atoms with E-state index in [0.29, 0.717) is 19.0 Å². The van der Waals surface area contributed by atoms with Crippen LogP contribution in [0.15, 0.2) is 26.9 Å². The first-order valence-corrected chi connectivity index (χ1v) is 10.7. The first kappa shape index (κ1) is 20.8. The maximum Gasteiger partial charge on any atom is 0.211 e. The molecule has 0 aliphatic heterocycles. The number of rotatable bonds is 9. The van der Waals surface area contributed by atoms with E-state index in [1.54, 1.807) is 10.9 Å². The summed E-state index contributed by atoms with van der Waals surface area (Å²) in [5.74, 6) is 2.49. The molecule has 1 heterocycles. The van der Waals surface area contributed by atoms with Gasteiger partial charge in [-0.25, -0.2) is 0 Å². The number of benzene rings is 1. The summed E-state index contributed by atoms with van der Waals surface area (Å²) in [5.41, 5.74) is 0.902. The van der Waals surface area contributed by atoms with Crippen LogP contribution in [0.3, 0.4) is 0 Å². The Labute approximate surface area is 167 Å². The van der Waals surface area contributed by atoms with Gasteiger partial charge in [0.15, 0.2) is 17.3 Å². The SMILES string of the molecule is CCCOc1c(Br)cc(/C=N\n2c(SC)nnc2C(C)C)cc1OCC. The summed E-state index contributed by atoms with van der Waals surface area (Å²) in [7, 11) is 0. The van der Waals surface area contributed by atoms with E-state index in [-0.39, 0.29) is 5.92 Å². The van der Waals surface area contributed by atoms with Crippen molar-refractivity contribution in [1.82, 2.24) is 14.9 Å². The van der Waals surface area contributed by atoms with Crippen LogP contribution in [0.25, 0.3) is 0 Å². The maximum atomic E-state index is 5.82. The largest absolute Gasteiger partial charge is 0.490 e. The van der Waals surface area contributed by atoms with Crippen LogP contribution >= 0.6 is 27.7 Å². The van der Waals surface area contributed by atoms with Gasteiger partial charge in [-0.1, -0.05) is 32.5 Å². The average molecular weight is 441 g/mol. The highest BCUT2D eigenvalue weighted by atomic mass is 79.9. The Balaban J connectivity index is 2.38. The lowest BCUT2D eigenvalue weighted by molar-refractivity contribution is 0.275. The number of halogens is 1. The molecule has 1 aromatic heterocycles. The molecule has 6 nitrogen and oxygen atoms in total. The number of thioether (sulfide) groups is 1. The van der Waals surface area contributed by atoms with Crippen molar-refractivity contribution in [1.29, 1.82) is 0 Å². The molecule has 0 aliphatic rings. The Morgan fingerprint density at radius 2 is 2.04 bits per heavy atom. The molecule has 26 heavy (non-hydrogen) atoms. The zero-order chi connectivity index (χ0) is 19.1. The lowest BCUT2D eigenvalue weighted by Gasteiger charge is -2.14. The van der Waals surface area contributed by atoms with E-state index in [9.17, 15) is 0 Å². The van der Waals surface area contributed by atoms with Crippen LogP contribution in [0.1, 0.15) is 51.4 Å². The van der Waals surface area contributed by atoms with Crippen molar-refractivity contribution in [2.24, 2.45) is 5.10 Å². The van der Waals surface area contributed by atoms with E-state index in [4.69, 9.17) is 9.47 Å². The van der Waals surface area contributed by atoms with Crippen LogP contribution in [0, 0.1) is 0 Å². The molecule has 0 radical (unpaired) electrons. The third kappa shape index (κ3) is 5.01. The second-order valence-corrected chi connectivity index (χ2v) is 7.50. The molecule has 8 heteroatoms. The van der Waals surface area contributed by atoms with E-state index in [2.05, 4.69) is 52.0 Å². The number of ether oxygens (including phenoxy) is 2. The first-order valence-electron chi connectivity index (χ1n) is 8.64. The van der Waals surface area contributed by atoms with Crippen molar-refractivity contribution >= 4 is 33.9 Å². The van der Waals surface area contributed by atoms with Gasteiger partial charge in [-0.3, -0.25) is 0 Å². The van der Waals surface area contributed by atoms with Crippen molar-refractivity contribution in [3.05, 3.63) is 28.0 Å². The van der Waals surface area contributed by atoms with Crippen molar-refractivity contribution in [2.75, 3.05) is 19.5 Å². The summed E-state index contributed by atoms with van der Waals surface area (Å²) in [6.07, 6.45) is 4.68. The second-order valence-electron chi connectivity index (χ2n) is 5.87. The Bertz CT molecular complexity index is 762. The number of aromatic nitrogens is 3. The standard InChI is InChI=1S/C18H25BrN4O2S/c1-6-8-25-16-14(19)9-13(10-15(16)24-7-2)11-20-23-17(12(3)4)21-22-18(23)26-5/h9-12H,6-8H2,1-5H3/b20-11-. The molecule has 1 aromatic carbocycles. The fraction of sp³-hybridized carbons (Fsp3) is 0.500. The molecule has 0 N–H and O–H groups in total. The minimum atomic E-state index is 0.232. The number of hydrogen-bond acceptors (Lipinski definition) is 6. The van der Waals surface area contributed by atoms with Gasteiger partial charge in [-0.2, -0.15) is 9.78 Å². The summed E-state index contributed by atoms with van der Waals surface area (Å²) in [6, 6.07) is 3.90. The maximum absolute atomic E-state index is 5.82. The highest BCUT2D eigenvalue weighted by Crippen LogP contribution is 2.36. The molecule has 0 saturated carbocycles. The molecular formula is C18H25BrN4O2S. The molecule has 0 saturated heterocycles. The molecule has 0 amide bonds. The summed E-state index contributed by atoms with van der Waals surface area (Å²) in [5, 5.41) is 13.8. The summed E-state index contributed by atoms with van der Waals surface area (Å²) in [4.78, 5) is 0. The molecular weight excluding hydrogens is 416 g/mol. The van der Waals surface area contributed by atoms with Gasteiger partial charge >= 0.3 is 0 Å². The van der Waals surface area contributed by atoms with Gasteiger partial charge in [-0.05, 0) is 53.2 Å². The highest BCUT2D eigenvalue weighted by molar-refractivity contribution is 9.10. The third-order valence-corrected chi connectivity index (χ3v) is 4.65. The highest BCUT2D eigenvalue weighted by Gasteiger charge is 2.14. The molecule has 0 unspecified atom stereocenters. The molecule has 2 aromatic rings. The van der Waals surface area contributed by atoms with Crippen LogP contribution in [-0.4, -0.2) is 40.6 Å². The number of nitrogens with zero attached hydrogens (tertiary/aromatic N) is 4. The summed E-state index contributed by atoms with van der Waals surface area (Å²) < 4.78 is 14.2. The Hall–Kier alpha value is -1.54. The Kier molecular flexibility index (Phi) is 7.96. The first-order chi connectivity index (χ1) is 12.5. The Morgan fingerprint density at radius 3 is 2.65 bits per heavy atom. The van der Waals surface area contributed by atoms with E-state index >= 15 is 0 Å². The predicted molar refractivity (Wildman–Crippen MR) is 110 cm³/mol. The second kappa shape index (κ2) is 9.97. The average Bonchev–Trinajstić information content (AvgIpc) is 3.02. The normalized spacial score (nSPS) is 11.5. The predicted octanol–water partition coefficient (Wildman–Crippen LogP) is 4.96. The fourth-order valence-corrected chi connectivity index (χ4v) is 3.28. The van der Waals surface area contributed by atoms with Crippen molar-refractivity contribution in [2.45, 2.75) is 45.2 Å². The minimum Gasteiger partial charge on any atom is -0.490 e. The van der Waals surface area contributed by atoms with Crippen LogP contribution in [0.2, 0.25) is 0 Å². The summed E-state index contributed by atoms with van der Waals surface area (Å²) in [6.45, 7) is 9.38. The topological polar surface area (TPSA) is 61.5 Å². The Morgan fingerprint density at radius 1 is 1.27 bits per heavy atom. The molecule has 0 aliphatic carbocycles. The number of hydrogen-bond donors (Lipinski definition) is 0. The van der Waals surface area contributed by atoms with Gasteiger partial charge in [0, 0.05) is 5.92 Å². The van der Waals surface area contributed by atoms with E-state index in [0.717, 1.165) is 33.2 Å². The van der Waals surface area contributed by atoms with E-state index in [1.165, 1.54) is 11.8 Å². The zero-order valence-electron chi connectivity index (χ0n) is 15.8. The quantitative estimate of drug-likeness (QED) is 0.407. The molecule has 0 bridgehead atoms. The molecule has 2 rings (SSSR count). The summed E-state index contributed by atoms with van der Waals surface area (Å²) >= 11 is 5.10. The minimum absolute atomic E-state index is 0.232. The van der Waals surface area contributed by atoms with Crippen molar-refractivity contribution in [3.8, 4) is 11.5 Å². The van der Waals surface area contributed by atoms with Gasteiger partial charge in [0.2, 0.25) is 5.16 Å². The van der Waals surface area contributed by atoms with E-state index in [1.807, 2.05) is 25.3 Å². The van der Waals surface area contributed by atoms with Crippen LogP contribution in [0.5, 0.6) is 11.5 Å². The van der Waals surface area contributed by atoms with Crippen LogP contribution < -0.4 is 9.47 Å². The third-order valence-electron chi connectivity index (χ3n) is 3.44. The van der Waals surface area contributed by atoms with Crippen LogP contribution in [0.4, 0.5) is 0 Å². The van der Waals surface area contributed by atoms with Crippen molar-refractivity contribution in [3.63, 3.8) is 0 Å². The van der Waals surface area contributed by atoms with Gasteiger partial charge in [0.25, 0.3) is 0 Å². The lowest BCUT2D eigenvalue weighted by Crippen LogP contribution is -2.03. The molecule has 0 fully saturated rings. The van der Waals surface area contributed by atoms with Gasteiger partial charge in [0.1, 0.15) is 0 Å². The smallest absolute Gasteiger partial charge is 0.211 e. The molecule has 142 valence electrons. The van der Waals surface area contributed by atoms with E-state index < -0.39 is 0 Å². The molecule has 0 spiro atoms. The zero-order valence-corrected chi connectivity index (χ0v) is 18.2. The molecule has 0 atom stereocenters. The van der Waals surface area contributed by atoms with Crippen LogP contribution in [-0.2, 0) is 0 Å². The van der Waals surface area contributed by atoms with Gasteiger partial charge < -0.3 is 9.47 Å².